The van der Waals surface area contributed by atoms with Crippen LogP contribution in [0.2, 0.25) is 0 Å². The van der Waals surface area contributed by atoms with Gasteiger partial charge in [-0.2, -0.15) is 0 Å². The monoisotopic (exact) mass is 235 g/mol. The van der Waals surface area contributed by atoms with Crippen molar-refractivity contribution >= 4 is 0 Å². The summed E-state index contributed by atoms with van der Waals surface area (Å²) < 4.78 is 0. The van der Waals surface area contributed by atoms with Gasteiger partial charge in [-0.15, -0.1) is 6.42 Å². The number of nitrogens with zero attached hydrogens (tertiary/aromatic N) is 2. The summed E-state index contributed by atoms with van der Waals surface area (Å²) >= 11 is 0. The summed E-state index contributed by atoms with van der Waals surface area (Å²) in [4.78, 5) is 5.17. The molecule has 0 aromatic carbocycles. The summed E-state index contributed by atoms with van der Waals surface area (Å²) in [5, 5.41) is 3.27. The molecule has 2 unspecified atom stereocenters. The Bertz CT molecular complexity index is 271. The molecule has 2 fully saturated rings. The van der Waals surface area contributed by atoms with Crippen LogP contribution in [0.1, 0.15) is 19.3 Å². The maximum Gasteiger partial charge on any atom is 0.0574 e. The van der Waals surface area contributed by atoms with E-state index < -0.39 is 0 Å². The molecule has 0 spiro atoms. The normalized spacial score (nSPS) is 30.8. The molecule has 0 aromatic heterocycles. The van der Waals surface area contributed by atoms with E-state index >= 15 is 0 Å². The van der Waals surface area contributed by atoms with E-state index in [9.17, 15) is 0 Å². The van der Waals surface area contributed by atoms with E-state index in [1.807, 2.05) is 0 Å². The fourth-order valence-electron chi connectivity index (χ4n) is 3.33. The van der Waals surface area contributed by atoms with Crippen LogP contribution < -0.4 is 5.32 Å². The molecule has 3 nitrogen and oxygen atoms in total. The van der Waals surface area contributed by atoms with Crippen LogP contribution in [-0.4, -0.2) is 62.2 Å². The molecule has 2 aliphatic rings. The van der Waals surface area contributed by atoms with Gasteiger partial charge in [-0.1, -0.05) is 5.92 Å². The number of hydrogen-bond donors (Lipinski definition) is 1. The Hall–Kier alpha value is -0.560. The highest BCUT2D eigenvalue weighted by Gasteiger charge is 2.33. The van der Waals surface area contributed by atoms with Crippen LogP contribution in [0.3, 0.4) is 0 Å². The van der Waals surface area contributed by atoms with Gasteiger partial charge in [0.15, 0.2) is 0 Å². The van der Waals surface area contributed by atoms with Crippen LogP contribution in [0.25, 0.3) is 0 Å². The van der Waals surface area contributed by atoms with Crippen LogP contribution in [0, 0.1) is 18.3 Å². The number of fused-ring (bicyclic) bond motifs is 1. The highest BCUT2D eigenvalue weighted by atomic mass is 15.2. The van der Waals surface area contributed by atoms with Crippen LogP contribution >= 0.6 is 0 Å². The lowest BCUT2D eigenvalue weighted by Crippen LogP contribution is -2.53. The zero-order chi connectivity index (χ0) is 12.1. The van der Waals surface area contributed by atoms with E-state index in [2.05, 4.69) is 28.1 Å². The smallest absolute Gasteiger partial charge is 0.0574 e. The van der Waals surface area contributed by atoms with Crippen molar-refractivity contribution in [1.29, 1.82) is 0 Å². The third-order valence-corrected chi connectivity index (χ3v) is 4.26. The van der Waals surface area contributed by atoms with E-state index in [0.717, 1.165) is 25.0 Å². The Morgan fingerprint density at radius 3 is 3.06 bits per heavy atom. The molecule has 1 N–H and O–H groups in total. The molecule has 2 rings (SSSR count). The van der Waals surface area contributed by atoms with Crippen molar-refractivity contribution in [2.45, 2.75) is 25.3 Å². The Morgan fingerprint density at radius 2 is 2.24 bits per heavy atom. The average Bonchev–Trinajstić information content (AvgIpc) is 2.35. The standard InChI is InChI=1S/C14H25N3/c1-3-7-15-8-11-17-10-6-14-13(12-17)5-4-9-16(14)2/h1,13-15H,4-12H2,2H3. The van der Waals surface area contributed by atoms with E-state index in [0.29, 0.717) is 6.54 Å². The van der Waals surface area contributed by atoms with Gasteiger partial charge in [0.05, 0.1) is 6.54 Å². The van der Waals surface area contributed by atoms with Gasteiger partial charge >= 0.3 is 0 Å². The maximum absolute atomic E-state index is 5.22. The van der Waals surface area contributed by atoms with Gasteiger partial charge in [-0.05, 0) is 45.3 Å². The first-order chi connectivity index (χ1) is 8.31. The number of likely N-dealkylation sites (tertiary alicyclic amines) is 2. The number of hydrogen-bond acceptors (Lipinski definition) is 3. The van der Waals surface area contributed by atoms with Gasteiger partial charge in [0.2, 0.25) is 0 Å². The van der Waals surface area contributed by atoms with Crippen molar-refractivity contribution in [3.63, 3.8) is 0 Å². The van der Waals surface area contributed by atoms with Crippen molar-refractivity contribution in [3.8, 4) is 12.3 Å². The molecule has 96 valence electrons. The summed E-state index contributed by atoms with van der Waals surface area (Å²) in [5.74, 6) is 3.52. The van der Waals surface area contributed by atoms with Crippen LogP contribution in [-0.2, 0) is 0 Å². The first-order valence-electron chi connectivity index (χ1n) is 6.88. The van der Waals surface area contributed by atoms with Crippen LogP contribution in [0.15, 0.2) is 0 Å². The lowest BCUT2D eigenvalue weighted by molar-refractivity contribution is 0.0392. The molecule has 2 atom stereocenters. The largest absolute Gasteiger partial charge is 0.305 e. The maximum atomic E-state index is 5.22. The first kappa shape index (κ1) is 12.9. The van der Waals surface area contributed by atoms with Gasteiger partial charge in [-0.3, -0.25) is 0 Å². The Morgan fingerprint density at radius 1 is 1.35 bits per heavy atom. The molecule has 3 heteroatoms. The predicted molar refractivity (Wildman–Crippen MR) is 71.9 cm³/mol. The molecule has 0 bridgehead atoms. The van der Waals surface area contributed by atoms with Crippen molar-refractivity contribution < 1.29 is 0 Å². The highest BCUT2D eigenvalue weighted by Crippen LogP contribution is 2.29. The number of rotatable bonds is 4. The minimum absolute atomic E-state index is 0.697. The summed E-state index contributed by atoms with van der Waals surface area (Å²) in [6, 6.07) is 0.846. The molecular formula is C14H25N3. The third kappa shape index (κ3) is 3.45. The predicted octanol–water partition coefficient (Wildman–Crippen LogP) is 0.625. The van der Waals surface area contributed by atoms with E-state index in [1.165, 1.54) is 38.9 Å². The van der Waals surface area contributed by atoms with E-state index in [-0.39, 0.29) is 0 Å². The van der Waals surface area contributed by atoms with E-state index in [4.69, 9.17) is 6.42 Å². The quantitative estimate of drug-likeness (QED) is 0.569. The molecule has 2 saturated heterocycles. The summed E-state index contributed by atoms with van der Waals surface area (Å²) in [7, 11) is 2.29. The van der Waals surface area contributed by atoms with Crippen molar-refractivity contribution in [3.05, 3.63) is 0 Å². The summed E-state index contributed by atoms with van der Waals surface area (Å²) in [6.45, 7) is 6.70. The minimum Gasteiger partial charge on any atom is -0.305 e. The fraction of sp³-hybridized carbons (Fsp3) is 0.857. The molecule has 0 saturated carbocycles. The SMILES string of the molecule is C#CCNCCN1CCC2C(CCCN2C)C1. The molecule has 2 heterocycles. The van der Waals surface area contributed by atoms with Crippen molar-refractivity contribution in [1.82, 2.24) is 15.1 Å². The molecule has 0 amide bonds. The minimum atomic E-state index is 0.697. The van der Waals surface area contributed by atoms with Crippen LogP contribution in [0.5, 0.6) is 0 Å². The third-order valence-electron chi connectivity index (χ3n) is 4.26. The Kier molecular flexibility index (Phi) is 4.85. The lowest BCUT2D eigenvalue weighted by Gasteiger charge is -2.46. The molecule has 0 radical (unpaired) electrons. The van der Waals surface area contributed by atoms with Gasteiger partial charge in [0.1, 0.15) is 0 Å². The molecule has 0 aromatic rings. The van der Waals surface area contributed by atoms with Crippen LogP contribution in [0.4, 0.5) is 0 Å². The Labute approximate surface area is 106 Å². The second-order valence-electron chi connectivity index (χ2n) is 5.42. The highest BCUT2D eigenvalue weighted by molar-refractivity contribution is 4.90. The number of piperidine rings is 2. The molecule has 17 heavy (non-hydrogen) atoms. The molecular weight excluding hydrogens is 210 g/mol. The van der Waals surface area contributed by atoms with Gasteiger partial charge < -0.3 is 15.1 Å². The Balaban J connectivity index is 1.72. The van der Waals surface area contributed by atoms with Crippen molar-refractivity contribution in [2.75, 3.05) is 46.3 Å². The fourth-order valence-corrected chi connectivity index (χ4v) is 3.33. The molecule has 0 aliphatic carbocycles. The average molecular weight is 235 g/mol. The van der Waals surface area contributed by atoms with E-state index in [1.54, 1.807) is 0 Å². The zero-order valence-electron chi connectivity index (χ0n) is 11.0. The zero-order valence-corrected chi connectivity index (χ0v) is 11.0. The summed E-state index contributed by atoms with van der Waals surface area (Å²) in [6.07, 6.45) is 9.36. The number of terminal acetylenes is 1. The van der Waals surface area contributed by atoms with Crippen molar-refractivity contribution in [2.24, 2.45) is 5.92 Å². The first-order valence-corrected chi connectivity index (χ1v) is 6.88. The summed E-state index contributed by atoms with van der Waals surface area (Å²) in [5.41, 5.74) is 0. The molecule has 2 aliphatic heterocycles. The number of nitrogens with one attached hydrogen (secondary N) is 1. The van der Waals surface area contributed by atoms with Gasteiger partial charge in [0, 0.05) is 25.7 Å². The van der Waals surface area contributed by atoms with Gasteiger partial charge in [-0.25, -0.2) is 0 Å². The second kappa shape index (κ2) is 6.39. The van der Waals surface area contributed by atoms with Gasteiger partial charge in [0.25, 0.3) is 0 Å². The lowest BCUT2D eigenvalue weighted by atomic mass is 9.84. The topological polar surface area (TPSA) is 18.5 Å². The second-order valence-corrected chi connectivity index (χ2v) is 5.42.